The maximum Gasteiger partial charge on any atom is 0.416 e. The molecule has 3 aromatic rings. The molecule has 4 rings (SSSR count). The van der Waals surface area contributed by atoms with Crippen LogP contribution in [0, 0.1) is 5.92 Å². The molecule has 1 aliphatic heterocycles. The first-order valence-corrected chi connectivity index (χ1v) is 9.80. The minimum atomic E-state index is -4.36. The fourth-order valence-electron chi connectivity index (χ4n) is 3.41. The summed E-state index contributed by atoms with van der Waals surface area (Å²) in [6.45, 7) is 1.08. The summed E-state index contributed by atoms with van der Waals surface area (Å²) in [5, 5.41) is 3.46. The van der Waals surface area contributed by atoms with Gasteiger partial charge in [-0.25, -0.2) is 4.98 Å². The Kier molecular flexibility index (Phi) is 4.97. The molecular weight excluding hydrogens is 387 g/mol. The molecule has 1 saturated heterocycles. The molecule has 0 radical (unpaired) electrons. The molecule has 1 N–H and O–H groups in total. The van der Waals surface area contributed by atoms with Gasteiger partial charge < -0.3 is 10.2 Å². The number of para-hydroxylation sites is 1. The number of nitrogens with one attached hydrogen (secondary N) is 1. The number of nitrogens with zero attached hydrogens (tertiary/aromatic N) is 2. The third-order valence-corrected chi connectivity index (χ3v) is 5.88. The van der Waals surface area contributed by atoms with Crippen LogP contribution in [0.1, 0.15) is 18.4 Å². The van der Waals surface area contributed by atoms with Crippen molar-refractivity contribution in [1.82, 2.24) is 4.98 Å². The minimum Gasteiger partial charge on any atom is -0.371 e. The standard InChI is InChI=1S/C20H18F3N3OS/c21-20(22,23)14-4-3-5-15(12-14)26-10-8-13(9-11-26)18(27)25-19-24-16-6-1-2-7-17(16)28-19/h1-7,12-13H,8-11H2,(H,24,25,27). The zero-order valence-corrected chi connectivity index (χ0v) is 15.7. The van der Waals surface area contributed by atoms with Gasteiger partial charge in [-0.3, -0.25) is 4.79 Å². The highest BCUT2D eigenvalue weighted by Crippen LogP contribution is 2.33. The quantitative estimate of drug-likeness (QED) is 0.654. The molecule has 4 nitrogen and oxygen atoms in total. The van der Waals surface area contributed by atoms with Crippen LogP contribution in [0.2, 0.25) is 0 Å². The van der Waals surface area contributed by atoms with Crippen LogP contribution in [0.3, 0.4) is 0 Å². The lowest BCUT2D eigenvalue weighted by Gasteiger charge is -2.33. The van der Waals surface area contributed by atoms with Gasteiger partial charge in [-0.1, -0.05) is 29.5 Å². The van der Waals surface area contributed by atoms with E-state index in [1.807, 2.05) is 29.2 Å². The van der Waals surface area contributed by atoms with Gasteiger partial charge in [0.1, 0.15) is 0 Å². The van der Waals surface area contributed by atoms with Crippen molar-refractivity contribution in [2.45, 2.75) is 19.0 Å². The lowest BCUT2D eigenvalue weighted by molar-refractivity contribution is -0.137. The van der Waals surface area contributed by atoms with E-state index in [0.29, 0.717) is 36.8 Å². The molecule has 0 spiro atoms. The maximum atomic E-state index is 12.9. The van der Waals surface area contributed by atoms with E-state index in [1.165, 1.54) is 23.5 Å². The molecule has 2 heterocycles. The average molecular weight is 405 g/mol. The number of fused-ring (bicyclic) bond motifs is 1. The molecule has 1 aliphatic rings. The predicted molar refractivity (Wildman–Crippen MR) is 105 cm³/mol. The number of carbonyl (C=O) groups excluding carboxylic acids is 1. The number of carbonyl (C=O) groups is 1. The highest BCUT2D eigenvalue weighted by Gasteiger charge is 2.31. The second kappa shape index (κ2) is 7.43. The minimum absolute atomic E-state index is 0.0808. The Morgan fingerprint density at radius 1 is 1.11 bits per heavy atom. The number of benzene rings is 2. The van der Waals surface area contributed by atoms with E-state index < -0.39 is 11.7 Å². The monoisotopic (exact) mass is 405 g/mol. The number of thiazole rings is 1. The van der Waals surface area contributed by atoms with Crippen molar-refractivity contribution < 1.29 is 18.0 Å². The molecular formula is C20H18F3N3OS. The summed E-state index contributed by atoms with van der Waals surface area (Å²) in [5.41, 5.74) is 0.739. The third kappa shape index (κ3) is 3.96. The summed E-state index contributed by atoms with van der Waals surface area (Å²) < 4.78 is 39.7. The van der Waals surface area contributed by atoms with Crippen LogP contribution in [0.4, 0.5) is 24.0 Å². The number of anilines is 2. The molecule has 146 valence electrons. The van der Waals surface area contributed by atoms with E-state index in [1.54, 1.807) is 6.07 Å². The van der Waals surface area contributed by atoms with Gasteiger partial charge in [-0.15, -0.1) is 0 Å². The van der Waals surface area contributed by atoms with Gasteiger partial charge in [-0.05, 0) is 43.2 Å². The van der Waals surface area contributed by atoms with Gasteiger partial charge in [0, 0.05) is 24.7 Å². The van der Waals surface area contributed by atoms with Crippen LogP contribution in [0.25, 0.3) is 10.2 Å². The third-order valence-electron chi connectivity index (χ3n) is 4.93. The molecule has 0 saturated carbocycles. The molecule has 8 heteroatoms. The second-order valence-electron chi connectivity index (χ2n) is 6.79. The zero-order valence-electron chi connectivity index (χ0n) is 14.9. The molecule has 1 aromatic heterocycles. The second-order valence-corrected chi connectivity index (χ2v) is 7.82. The summed E-state index contributed by atoms with van der Waals surface area (Å²) in [7, 11) is 0. The lowest BCUT2D eigenvalue weighted by Crippen LogP contribution is -2.38. The maximum absolute atomic E-state index is 12.9. The first-order chi connectivity index (χ1) is 13.4. The van der Waals surface area contributed by atoms with Crippen LogP contribution in [0.5, 0.6) is 0 Å². The first-order valence-electron chi connectivity index (χ1n) is 8.99. The highest BCUT2D eigenvalue weighted by atomic mass is 32.1. The van der Waals surface area contributed by atoms with E-state index in [2.05, 4.69) is 10.3 Å². The first kappa shape index (κ1) is 18.7. The summed E-state index contributed by atoms with van der Waals surface area (Å²) in [6.07, 6.45) is -3.18. The van der Waals surface area contributed by atoms with Crippen molar-refractivity contribution >= 4 is 38.3 Å². The Morgan fingerprint density at radius 2 is 1.86 bits per heavy atom. The van der Waals surface area contributed by atoms with Gasteiger partial charge in [0.2, 0.25) is 5.91 Å². The Bertz CT molecular complexity index is 961. The lowest BCUT2D eigenvalue weighted by atomic mass is 9.95. The van der Waals surface area contributed by atoms with E-state index in [0.717, 1.165) is 16.3 Å². The number of halogens is 3. The fraction of sp³-hybridized carbons (Fsp3) is 0.300. The predicted octanol–water partition coefficient (Wildman–Crippen LogP) is 5.17. The van der Waals surface area contributed by atoms with Crippen LogP contribution < -0.4 is 10.2 Å². The summed E-state index contributed by atoms with van der Waals surface area (Å²) in [4.78, 5) is 18.9. The fourth-order valence-corrected chi connectivity index (χ4v) is 4.28. The molecule has 28 heavy (non-hydrogen) atoms. The van der Waals surface area contributed by atoms with Gasteiger partial charge in [0.25, 0.3) is 0 Å². The van der Waals surface area contributed by atoms with E-state index in [-0.39, 0.29) is 11.8 Å². The van der Waals surface area contributed by atoms with E-state index in [9.17, 15) is 18.0 Å². The van der Waals surface area contributed by atoms with Crippen molar-refractivity contribution in [3.8, 4) is 0 Å². The van der Waals surface area contributed by atoms with Crippen LogP contribution in [0.15, 0.2) is 48.5 Å². The summed E-state index contributed by atoms with van der Waals surface area (Å²) in [5.74, 6) is -0.253. The van der Waals surface area contributed by atoms with Gasteiger partial charge in [0.05, 0.1) is 15.8 Å². The van der Waals surface area contributed by atoms with E-state index in [4.69, 9.17) is 0 Å². The van der Waals surface area contributed by atoms with Gasteiger partial charge >= 0.3 is 6.18 Å². The smallest absolute Gasteiger partial charge is 0.371 e. The van der Waals surface area contributed by atoms with Crippen molar-refractivity contribution in [2.24, 2.45) is 5.92 Å². The molecule has 1 fully saturated rings. The summed E-state index contributed by atoms with van der Waals surface area (Å²) >= 11 is 1.43. The highest BCUT2D eigenvalue weighted by molar-refractivity contribution is 7.22. The number of rotatable bonds is 3. The number of amides is 1. The zero-order chi connectivity index (χ0) is 19.7. The van der Waals surface area contributed by atoms with Crippen molar-refractivity contribution in [1.29, 1.82) is 0 Å². The Balaban J connectivity index is 1.38. The molecule has 1 amide bonds. The molecule has 0 unspecified atom stereocenters. The average Bonchev–Trinajstić information content (AvgIpc) is 3.10. The Labute approximate surface area is 164 Å². The molecule has 2 aromatic carbocycles. The van der Waals surface area contributed by atoms with Crippen LogP contribution in [-0.2, 0) is 11.0 Å². The van der Waals surface area contributed by atoms with Crippen molar-refractivity contribution in [2.75, 3.05) is 23.3 Å². The molecule has 0 atom stereocenters. The van der Waals surface area contributed by atoms with Crippen molar-refractivity contribution in [3.63, 3.8) is 0 Å². The van der Waals surface area contributed by atoms with E-state index >= 15 is 0 Å². The Hall–Kier alpha value is -2.61. The Morgan fingerprint density at radius 3 is 2.57 bits per heavy atom. The molecule has 0 aliphatic carbocycles. The normalized spacial score (nSPS) is 15.8. The SMILES string of the molecule is O=C(Nc1nc2ccccc2s1)C1CCN(c2cccc(C(F)(F)F)c2)CC1. The number of hydrogen-bond acceptors (Lipinski definition) is 4. The summed E-state index contributed by atoms with van der Waals surface area (Å²) in [6, 6.07) is 13.0. The number of hydrogen-bond donors (Lipinski definition) is 1. The number of piperidine rings is 1. The van der Waals surface area contributed by atoms with Gasteiger partial charge in [0.15, 0.2) is 5.13 Å². The van der Waals surface area contributed by atoms with Crippen LogP contribution in [-0.4, -0.2) is 24.0 Å². The van der Waals surface area contributed by atoms with Gasteiger partial charge in [-0.2, -0.15) is 13.2 Å². The van der Waals surface area contributed by atoms with Crippen molar-refractivity contribution in [3.05, 3.63) is 54.1 Å². The number of aromatic nitrogens is 1. The topological polar surface area (TPSA) is 45.2 Å². The van der Waals surface area contributed by atoms with Crippen LogP contribution >= 0.6 is 11.3 Å². The number of alkyl halides is 3. The molecule has 0 bridgehead atoms. The largest absolute Gasteiger partial charge is 0.416 e.